The minimum atomic E-state index is -0.338. The number of hydrogen-bond acceptors (Lipinski definition) is 4. The predicted molar refractivity (Wildman–Crippen MR) is 90.1 cm³/mol. The van der Waals surface area contributed by atoms with Gasteiger partial charge in [-0.25, -0.2) is 0 Å². The normalized spacial score (nSPS) is 26.4. The van der Waals surface area contributed by atoms with Crippen LogP contribution in [0.4, 0.5) is 5.69 Å². The SMILES string of the molecule is Cc1cc2c(s1)[C@H]1CCCC[C@H]1O[C@@H]2c1cccc([N+](=O)[O-])c1. The third kappa shape index (κ3) is 2.58. The molecular formula is C18H19NO3S. The molecule has 1 aliphatic heterocycles. The minimum absolute atomic E-state index is 0.130. The van der Waals surface area contributed by atoms with Crippen LogP contribution in [0.2, 0.25) is 0 Å². The van der Waals surface area contributed by atoms with Crippen LogP contribution in [0.15, 0.2) is 30.3 Å². The van der Waals surface area contributed by atoms with Gasteiger partial charge < -0.3 is 4.74 Å². The van der Waals surface area contributed by atoms with Gasteiger partial charge in [0.05, 0.1) is 11.0 Å². The highest BCUT2D eigenvalue weighted by Gasteiger charge is 2.39. The number of thiophene rings is 1. The summed E-state index contributed by atoms with van der Waals surface area (Å²) in [6.07, 6.45) is 4.84. The lowest BCUT2D eigenvalue weighted by Crippen LogP contribution is -2.32. The summed E-state index contributed by atoms with van der Waals surface area (Å²) < 4.78 is 6.44. The maximum Gasteiger partial charge on any atom is 0.269 e. The van der Waals surface area contributed by atoms with Gasteiger partial charge in [0.2, 0.25) is 0 Å². The Kier molecular flexibility index (Phi) is 3.70. The quantitative estimate of drug-likeness (QED) is 0.568. The van der Waals surface area contributed by atoms with E-state index in [0.29, 0.717) is 5.92 Å². The fraction of sp³-hybridized carbons (Fsp3) is 0.444. The maximum absolute atomic E-state index is 11.1. The molecule has 0 unspecified atom stereocenters. The predicted octanol–water partition coefficient (Wildman–Crippen LogP) is 5.11. The lowest BCUT2D eigenvalue weighted by Gasteiger charge is -2.39. The Hall–Kier alpha value is -1.72. The first-order valence-corrected chi connectivity index (χ1v) is 8.95. The number of nitro groups is 1. The topological polar surface area (TPSA) is 52.4 Å². The minimum Gasteiger partial charge on any atom is -0.365 e. The molecule has 1 aliphatic carbocycles. The highest BCUT2D eigenvalue weighted by atomic mass is 32.1. The zero-order chi connectivity index (χ0) is 16.0. The number of nitro benzene ring substituents is 1. The summed E-state index contributed by atoms with van der Waals surface area (Å²) in [5.74, 6) is 0.507. The zero-order valence-electron chi connectivity index (χ0n) is 13.0. The molecule has 0 saturated heterocycles. The van der Waals surface area contributed by atoms with E-state index in [1.54, 1.807) is 12.1 Å². The molecule has 1 aromatic heterocycles. The third-order valence-corrected chi connectivity index (χ3v) is 6.13. The van der Waals surface area contributed by atoms with Crippen molar-refractivity contribution < 1.29 is 9.66 Å². The van der Waals surface area contributed by atoms with Gasteiger partial charge in [0.15, 0.2) is 0 Å². The Morgan fingerprint density at radius 3 is 2.91 bits per heavy atom. The van der Waals surface area contributed by atoms with Gasteiger partial charge in [-0.2, -0.15) is 0 Å². The molecule has 0 spiro atoms. The van der Waals surface area contributed by atoms with Crippen molar-refractivity contribution in [2.24, 2.45) is 0 Å². The van der Waals surface area contributed by atoms with Crippen LogP contribution in [0.1, 0.15) is 58.6 Å². The van der Waals surface area contributed by atoms with Crippen LogP contribution >= 0.6 is 11.3 Å². The molecule has 5 heteroatoms. The van der Waals surface area contributed by atoms with Crippen molar-refractivity contribution in [3.05, 3.63) is 61.3 Å². The van der Waals surface area contributed by atoms with Crippen LogP contribution in [0, 0.1) is 17.0 Å². The van der Waals surface area contributed by atoms with Crippen molar-refractivity contribution in [2.75, 3.05) is 0 Å². The summed E-state index contributed by atoms with van der Waals surface area (Å²) in [6, 6.07) is 9.09. The van der Waals surface area contributed by atoms with Crippen LogP contribution in [-0.4, -0.2) is 11.0 Å². The second-order valence-electron chi connectivity index (χ2n) is 6.47. The molecular weight excluding hydrogens is 310 g/mol. The summed E-state index contributed by atoms with van der Waals surface area (Å²) in [5, 5.41) is 11.1. The number of hydrogen-bond donors (Lipinski definition) is 0. The first-order valence-electron chi connectivity index (χ1n) is 8.13. The molecule has 3 atom stereocenters. The van der Waals surface area contributed by atoms with Crippen LogP contribution < -0.4 is 0 Å². The summed E-state index contributed by atoms with van der Waals surface area (Å²) in [6.45, 7) is 2.13. The fourth-order valence-electron chi connectivity index (χ4n) is 3.91. The van der Waals surface area contributed by atoms with Crippen molar-refractivity contribution in [3.8, 4) is 0 Å². The van der Waals surface area contributed by atoms with E-state index in [1.165, 1.54) is 40.6 Å². The molecule has 0 N–H and O–H groups in total. The van der Waals surface area contributed by atoms with Crippen LogP contribution in [-0.2, 0) is 4.74 Å². The molecule has 2 aliphatic rings. The van der Waals surface area contributed by atoms with E-state index in [2.05, 4.69) is 13.0 Å². The number of non-ortho nitro benzene ring substituents is 1. The van der Waals surface area contributed by atoms with Gasteiger partial charge in [0.1, 0.15) is 6.10 Å². The monoisotopic (exact) mass is 329 g/mol. The summed E-state index contributed by atoms with van der Waals surface area (Å²) in [5.41, 5.74) is 2.24. The first kappa shape index (κ1) is 14.8. The average Bonchev–Trinajstić information content (AvgIpc) is 2.96. The van der Waals surface area contributed by atoms with Crippen LogP contribution in [0.3, 0.4) is 0 Å². The molecule has 0 radical (unpaired) electrons. The number of nitrogens with zero attached hydrogens (tertiary/aromatic N) is 1. The van der Waals surface area contributed by atoms with Gasteiger partial charge in [-0.05, 0) is 37.0 Å². The van der Waals surface area contributed by atoms with E-state index < -0.39 is 0 Å². The summed E-state index contributed by atoms with van der Waals surface area (Å²) in [7, 11) is 0. The van der Waals surface area contributed by atoms with Gasteiger partial charge in [0, 0.05) is 27.8 Å². The number of rotatable bonds is 2. The highest BCUT2D eigenvalue weighted by molar-refractivity contribution is 7.12. The molecule has 0 bridgehead atoms. The third-order valence-electron chi connectivity index (χ3n) is 4.93. The van der Waals surface area contributed by atoms with Crippen molar-refractivity contribution >= 4 is 17.0 Å². The van der Waals surface area contributed by atoms with Gasteiger partial charge in [-0.3, -0.25) is 10.1 Å². The molecule has 4 rings (SSSR count). The van der Waals surface area contributed by atoms with Gasteiger partial charge in [0.25, 0.3) is 5.69 Å². The van der Waals surface area contributed by atoms with Crippen LogP contribution in [0.25, 0.3) is 0 Å². The Balaban J connectivity index is 1.79. The van der Waals surface area contributed by atoms with Crippen molar-refractivity contribution in [1.29, 1.82) is 0 Å². The number of benzene rings is 1. The number of ether oxygens (including phenoxy) is 1. The van der Waals surface area contributed by atoms with Gasteiger partial charge in [-0.15, -0.1) is 11.3 Å². The Bertz CT molecular complexity index is 754. The Morgan fingerprint density at radius 2 is 2.09 bits per heavy atom. The van der Waals surface area contributed by atoms with Crippen molar-refractivity contribution in [2.45, 2.75) is 50.7 Å². The molecule has 1 saturated carbocycles. The molecule has 1 fully saturated rings. The summed E-state index contributed by atoms with van der Waals surface area (Å²) >= 11 is 1.87. The van der Waals surface area contributed by atoms with Crippen molar-refractivity contribution in [1.82, 2.24) is 0 Å². The molecule has 4 nitrogen and oxygen atoms in total. The highest BCUT2D eigenvalue weighted by Crippen LogP contribution is 2.50. The fourth-order valence-corrected chi connectivity index (χ4v) is 5.15. The van der Waals surface area contributed by atoms with Gasteiger partial charge in [-0.1, -0.05) is 25.0 Å². The van der Waals surface area contributed by atoms with E-state index in [0.717, 1.165) is 12.0 Å². The molecule has 2 heterocycles. The Labute approximate surface area is 139 Å². The maximum atomic E-state index is 11.1. The van der Waals surface area contributed by atoms with E-state index in [9.17, 15) is 10.1 Å². The van der Waals surface area contributed by atoms with Crippen molar-refractivity contribution in [3.63, 3.8) is 0 Å². The van der Waals surface area contributed by atoms with E-state index in [4.69, 9.17) is 4.74 Å². The lowest BCUT2D eigenvalue weighted by molar-refractivity contribution is -0.385. The smallest absolute Gasteiger partial charge is 0.269 e. The van der Waals surface area contributed by atoms with Gasteiger partial charge >= 0.3 is 0 Å². The summed E-state index contributed by atoms with van der Waals surface area (Å²) in [4.78, 5) is 13.5. The largest absolute Gasteiger partial charge is 0.365 e. The first-order chi connectivity index (χ1) is 11.1. The second kappa shape index (κ2) is 5.73. The second-order valence-corrected chi connectivity index (χ2v) is 7.76. The molecule has 1 aromatic carbocycles. The number of fused-ring (bicyclic) bond motifs is 3. The van der Waals surface area contributed by atoms with Crippen LogP contribution in [0.5, 0.6) is 0 Å². The molecule has 120 valence electrons. The van der Waals surface area contributed by atoms with E-state index >= 15 is 0 Å². The average molecular weight is 329 g/mol. The van der Waals surface area contributed by atoms with E-state index in [1.807, 2.05) is 17.4 Å². The zero-order valence-corrected chi connectivity index (χ0v) is 13.8. The number of aryl methyl sites for hydroxylation is 1. The Morgan fingerprint density at radius 1 is 1.26 bits per heavy atom. The molecule has 23 heavy (non-hydrogen) atoms. The molecule has 2 aromatic rings. The lowest BCUT2D eigenvalue weighted by atomic mass is 9.80. The molecule has 0 amide bonds. The van der Waals surface area contributed by atoms with E-state index in [-0.39, 0.29) is 22.8 Å². The standard InChI is InChI=1S/C18H19NO3S/c1-11-9-15-17(12-5-4-6-13(10-12)19(20)21)22-16-8-3-2-7-14(16)18(15)23-11/h4-6,9-10,14,16-17H,2-3,7-8H2,1H3/t14-,16+,17+/m0/s1.